The number of ether oxygens (including phenoxy) is 2. The number of benzene rings is 1. The molecule has 0 bridgehead atoms. The van der Waals surface area contributed by atoms with E-state index in [-0.39, 0.29) is 5.41 Å². The molecule has 1 spiro atoms. The zero-order valence-corrected chi connectivity index (χ0v) is 16.8. The Kier molecular flexibility index (Phi) is 4.13. The van der Waals surface area contributed by atoms with Gasteiger partial charge in [0.05, 0.1) is 23.6 Å². The number of aromatic nitrogens is 2. The molecule has 1 unspecified atom stereocenters. The van der Waals surface area contributed by atoms with Gasteiger partial charge < -0.3 is 14.4 Å². The third-order valence-electron chi connectivity index (χ3n) is 6.48. The van der Waals surface area contributed by atoms with Crippen molar-refractivity contribution in [2.45, 2.75) is 24.9 Å². The van der Waals surface area contributed by atoms with Crippen LogP contribution in [0.3, 0.4) is 0 Å². The molecule has 3 aliphatic rings. The number of fused-ring (bicyclic) bond motifs is 3. The molecule has 0 N–H and O–H groups in total. The Bertz CT molecular complexity index is 1070. The smallest absolute Gasteiger partial charge is 0.231 e. The van der Waals surface area contributed by atoms with Crippen LogP contribution in [0.2, 0.25) is 0 Å². The van der Waals surface area contributed by atoms with E-state index in [0.29, 0.717) is 6.79 Å². The molecule has 6 rings (SSSR count). The molecule has 152 valence electrons. The average Bonchev–Trinajstić information content (AvgIpc) is 3.48. The highest BCUT2D eigenvalue weighted by atomic mass is 16.7. The van der Waals surface area contributed by atoms with Crippen molar-refractivity contribution in [2.75, 3.05) is 31.3 Å². The number of hydrogen-bond donors (Lipinski definition) is 0. The lowest BCUT2D eigenvalue weighted by Gasteiger charge is -2.26. The molecule has 3 aliphatic heterocycles. The van der Waals surface area contributed by atoms with Gasteiger partial charge in [-0.05, 0) is 54.9 Å². The summed E-state index contributed by atoms with van der Waals surface area (Å²) in [7, 11) is 0. The molecule has 6 nitrogen and oxygen atoms in total. The Balaban J connectivity index is 1.23. The maximum absolute atomic E-state index is 5.55. The minimum absolute atomic E-state index is 0.0850. The summed E-state index contributed by atoms with van der Waals surface area (Å²) in [6.07, 6.45) is 4.93. The third kappa shape index (κ3) is 2.99. The van der Waals surface area contributed by atoms with E-state index in [1.807, 2.05) is 30.6 Å². The van der Waals surface area contributed by atoms with Crippen LogP contribution in [0.25, 0.3) is 0 Å². The van der Waals surface area contributed by atoms with Crippen LogP contribution in [0.1, 0.15) is 23.4 Å². The molecule has 1 aromatic carbocycles. The van der Waals surface area contributed by atoms with E-state index in [1.54, 1.807) is 0 Å². The van der Waals surface area contributed by atoms with Crippen molar-refractivity contribution < 1.29 is 9.47 Å². The van der Waals surface area contributed by atoms with Crippen molar-refractivity contribution >= 4 is 5.69 Å². The van der Waals surface area contributed by atoms with E-state index in [9.17, 15) is 0 Å². The first-order chi connectivity index (χ1) is 14.8. The summed E-state index contributed by atoms with van der Waals surface area (Å²) < 4.78 is 11.0. The molecule has 5 heterocycles. The molecule has 0 saturated carbocycles. The highest BCUT2D eigenvalue weighted by Crippen LogP contribution is 2.46. The van der Waals surface area contributed by atoms with Crippen LogP contribution < -0.4 is 14.4 Å². The SMILES string of the molecule is c1ccc(CN2CC3(CCN(Cc4ccc5c(c4)OCO5)C3)c3ncccc32)nc1. The van der Waals surface area contributed by atoms with Gasteiger partial charge in [0, 0.05) is 37.4 Å². The van der Waals surface area contributed by atoms with Crippen LogP contribution in [-0.2, 0) is 18.5 Å². The van der Waals surface area contributed by atoms with Gasteiger partial charge in [-0.3, -0.25) is 14.9 Å². The lowest BCUT2D eigenvalue weighted by atomic mass is 9.85. The van der Waals surface area contributed by atoms with Gasteiger partial charge in [0.25, 0.3) is 0 Å². The van der Waals surface area contributed by atoms with Crippen LogP contribution in [0.15, 0.2) is 60.9 Å². The predicted molar refractivity (Wildman–Crippen MR) is 114 cm³/mol. The summed E-state index contributed by atoms with van der Waals surface area (Å²) in [5.74, 6) is 1.70. The predicted octanol–water partition coefficient (Wildman–Crippen LogP) is 3.37. The molecule has 3 aromatic rings. The Hall–Kier alpha value is -3.12. The lowest BCUT2D eigenvalue weighted by molar-refractivity contribution is 0.174. The minimum atomic E-state index is 0.0850. The molecule has 1 atom stereocenters. The maximum Gasteiger partial charge on any atom is 0.231 e. The zero-order valence-electron chi connectivity index (χ0n) is 16.8. The molecular formula is C24H24N4O2. The molecule has 0 radical (unpaired) electrons. The van der Waals surface area contributed by atoms with E-state index in [4.69, 9.17) is 14.5 Å². The summed E-state index contributed by atoms with van der Waals surface area (Å²) >= 11 is 0. The summed E-state index contributed by atoms with van der Waals surface area (Å²) in [4.78, 5) is 14.4. The van der Waals surface area contributed by atoms with E-state index >= 15 is 0 Å². The van der Waals surface area contributed by atoms with E-state index < -0.39 is 0 Å². The normalized spacial score (nSPS) is 22.1. The Morgan fingerprint density at radius 2 is 1.83 bits per heavy atom. The van der Waals surface area contributed by atoms with E-state index in [0.717, 1.165) is 56.3 Å². The van der Waals surface area contributed by atoms with Gasteiger partial charge in [0.15, 0.2) is 11.5 Å². The monoisotopic (exact) mass is 400 g/mol. The van der Waals surface area contributed by atoms with Gasteiger partial charge in [0.1, 0.15) is 0 Å². The van der Waals surface area contributed by atoms with Crippen LogP contribution >= 0.6 is 0 Å². The van der Waals surface area contributed by atoms with Gasteiger partial charge in [-0.25, -0.2) is 0 Å². The number of pyridine rings is 2. The molecule has 30 heavy (non-hydrogen) atoms. The maximum atomic E-state index is 5.55. The van der Waals surface area contributed by atoms with Gasteiger partial charge >= 0.3 is 0 Å². The van der Waals surface area contributed by atoms with Crippen LogP contribution in [-0.4, -0.2) is 41.3 Å². The summed E-state index contributed by atoms with van der Waals surface area (Å²) in [5.41, 5.74) is 4.95. The highest BCUT2D eigenvalue weighted by Gasteiger charge is 2.48. The quantitative estimate of drug-likeness (QED) is 0.669. The van der Waals surface area contributed by atoms with Gasteiger partial charge in [-0.15, -0.1) is 0 Å². The number of hydrogen-bond acceptors (Lipinski definition) is 6. The Labute approximate surface area is 176 Å². The summed E-state index contributed by atoms with van der Waals surface area (Å²) in [6, 6.07) is 16.7. The fourth-order valence-electron chi connectivity index (χ4n) is 5.13. The Morgan fingerprint density at radius 1 is 0.900 bits per heavy atom. The van der Waals surface area contributed by atoms with Crippen molar-refractivity contribution in [1.82, 2.24) is 14.9 Å². The second-order valence-corrected chi connectivity index (χ2v) is 8.48. The van der Waals surface area contributed by atoms with E-state index in [1.165, 1.54) is 16.9 Å². The van der Waals surface area contributed by atoms with Crippen molar-refractivity contribution in [3.63, 3.8) is 0 Å². The van der Waals surface area contributed by atoms with Gasteiger partial charge in [-0.1, -0.05) is 12.1 Å². The first-order valence-electron chi connectivity index (χ1n) is 10.5. The van der Waals surface area contributed by atoms with Crippen LogP contribution in [0.5, 0.6) is 11.5 Å². The fourth-order valence-corrected chi connectivity index (χ4v) is 5.13. The topological polar surface area (TPSA) is 50.7 Å². The first-order valence-corrected chi connectivity index (χ1v) is 10.5. The van der Waals surface area contributed by atoms with Gasteiger partial charge in [0.2, 0.25) is 6.79 Å². The molecule has 1 saturated heterocycles. The number of likely N-dealkylation sites (tertiary alicyclic amines) is 1. The fraction of sp³-hybridized carbons (Fsp3) is 0.333. The highest BCUT2D eigenvalue weighted by molar-refractivity contribution is 5.60. The zero-order chi connectivity index (χ0) is 20.0. The minimum Gasteiger partial charge on any atom is -0.454 e. The standard InChI is InChI=1S/C24H24N4O2/c1-2-9-25-19(4-1)14-28-16-24(23-20(28)5-3-10-26-23)8-11-27(15-24)13-18-6-7-21-22(12-18)30-17-29-21/h1-7,9-10,12H,8,11,13-17H2. The van der Waals surface area contributed by atoms with Crippen molar-refractivity contribution in [3.05, 3.63) is 77.9 Å². The summed E-state index contributed by atoms with van der Waals surface area (Å²) in [5, 5.41) is 0. The number of rotatable bonds is 4. The van der Waals surface area contributed by atoms with E-state index in [2.05, 4.69) is 45.1 Å². The van der Waals surface area contributed by atoms with Crippen LogP contribution in [0, 0.1) is 0 Å². The molecule has 2 aromatic heterocycles. The largest absolute Gasteiger partial charge is 0.454 e. The third-order valence-corrected chi connectivity index (χ3v) is 6.48. The van der Waals surface area contributed by atoms with Crippen LogP contribution in [0.4, 0.5) is 5.69 Å². The molecular weight excluding hydrogens is 376 g/mol. The second kappa shape index (κ2) is 6.99. The van der Waals surface area contributed by atoms with Crippen molar-refractivity contribution in [1.29, 1.82) is 0 Å². The molecule has 6 heteroatoms. The second-order valence-electron chi connectivity index (χ2n) is 8.48. The van der Waals surface area contributed by atoms with Crippen molar-refractivity contribution in [2.24, 2.45) is 0 Å². The average molecular weight is 400 g/mol. The molecule has 0 aliphatic carbocycles. The molecule has 0 amide bonds. The first kappa shape index (κ1) is 17.7. The van der Waals surface area contributed by atoms with Crippen molar-refractivity contribution in [3.8, 4) is 11.5 Å². The Morgan fingerprint density at radius 3 is 2.77 bits per heavy atom. The lowest BCUT2D eigenvalue weighted by Crippen LogP contribution is -2.36. The molecule has 1 fully saturated rings. The summed E-state index contributed by atoms with van der Waals surface area (Å²) in [6.45, 7) is 5.14. The number of nitrogens with zero attached hydrogens (tertiary/aromatic N) is 4. The van der Waals surface area contributed by atoms with Gasteiger partial charge in [-0.2, -0.15) is 0 Å². The number of anilines is 1.